The summed E-state index contributed by atoms with van der Waals surface area (Å²) in [5, 5.41) is 3.83. The largest absolute Gasteiger partial charge is 0.496 e. The van der Waals surface area contributed by atoms with E-state index >= 15 is 0 Å². The van der Waals surface area contributed by atoms with Gasteiger partial charge >= 0.3 is 0 Å². The summed E-state index contributed by atoms with van der Waals surface area (Å²) in [4.78, 5) is 30.9. The molecule has 0 radical (unpaired) electrons. The first-order chi connectivity index (χ1) is 13.6. The van der Waals surface area contributed by atoms with E-state index in [1.165, 1.54) is 0 Å². The maximum Gasteiger partial charge on any atom is 0.252 e. The summed E-state index contributed by atoms with van der Waals surface area (Å²) < 4.78 is 5.62. The number of carbonyl (C=O) groups is 2. The lowest BCUT2D eigenvalue weighted by Crippen LogP contribution is -2.66. The number of nitrogens with zero attached hydrogens (tertiary/aromatic N) is 1. The van der Waals surface area contributed by atoms with Crippen molar-refractivity contribution in [2.75, 3.05) is 20.2 Å². The summed E-state index contributed by atoms with van der Waals surface area (Å²) in [6.45, 7) is 2.28. The van der Waals surface area contributed by atoms with Crippen molar-refractivity contribution in [2.45, 2.75) is 18.4 Å². The third-order valence-corrected chi connectivity index (χ3v) is 6.14. The third kappa shape index (κ3) is 2.08. The summed E-state index contributed by atoms with van der Waals surface area (Å²) in [5.41, 5.74) is 2.76. The van der Waals surface area contributed by atoms with Gasteiger partial charge in [-0.15, -0.1) is 0 Å². The van der Waals surface area contributed by atoms with Crippen LogP contribution in [0.3, 0.4) is 0 Å². The second-order valence-electron chi connectivity index (χ2n) is 7.51. The Bertz CT molecular complexity index is 1120. The molecule has 1 saturated heterocycles. The van der Waals surface area contributed by atoms with Crippen molar-refractivity contribution in [3.63, 3.8) is 0 Å². The van der Waals surface area contributed by atoms with Crippen LogP contribution in [0.4, 0.5) is 0 Å². The SMILES string of the molecule is COc1ccccc1C1CN2C(=O)CNC(=O)[C@]2(C)c2[nH]c3ccccc3c21. The number of H-pyrrole nitrogens is 1. The molecule has 6 heteroatoms. The number of hydrogen-bond donors (Lipinski definition) is 2. The Morgan fingerprint density at radius 2 is 1.86 bits per heavy atom. The van der Waals surface area contributed by atoms with E-state index in [1.807, 2.05) is 49.4 Å². The van der Waals surface area contributed by atoms with Crippen molar-refractivity contribution in [1.29, 1.82) is 0 Å². The van der Waals surface area contributed by atoms with E-state index in [0.717, 1.165) is 33.5 Å². The number of aromatic amines is 1. The second kappa shape index (κ2) is 5.86. The Hall–Kier alpha value is -3.28. The van der Waals surface area contributed by atoms with Crippen LogP contribution in [0.2, 0.25) is 0 Å². The quantitative estimate of drug-likeness (QED) is 0.723. The summed E-state index contributed by atoms with van der Waals surface area (Å²) >= 11 is 0. The minimum atomic E-state index is -1.05. The van der Waals surface area contributed by atoms with E-state index < -0.39 is 5.54 Å². The number of ether oxygens (including phenoxy) is 1. The first kappa shape index (κ1) is 16.9. The molecule has 0 saturated carbocycles. The first-order valence-electron chi connectivity index (χ1n) is 9.38. The molecule has 2 aliphatic rings. The summed E-state index contributed by atoms with van der Waals surface area (Å²) in [6.07, 6.45) is 0. The highest BCUT2D eigenvalue weighted by atomic mass is 16.5. The minimum absolute atomic E-state index is 0.0304. The number of methoxy groups -OCH3 is 1. The molecule has 0 aliphatic carbocycles. The average molecular weight is 375 g/mol. The van der Waals surface area contributed by atoms with Gasteiger partial charge in [0.1, 0.15) is 5.75 Å². The van der Waals surface area contributed by atoms with Gasteiger partial charge in [0.15, 0.2) is 5.54 Å². The van der Waals surface area contributed by atoms with Crippen LogP contribution in [0.25, 0.3) is 10.9 Å². The number of carbonyl (C=O) groups excluding carboxylic acids is 2. The van der Waals surface area contributed by atoms with E-state index in [1.54, 1.807) is 12.0 Å². The Kier molecular flexibility index (Phi) is 3.53. The fraction of sp³-hybridized carbons (Fsp3) is 0.273. The molecule has 3 heterocycles. The molecule has 5 rings (SSSR count). The van der Waals surface area contributed by atoms with E-state index in [2.05, 4.69) is 16.4 Å². The molecule has 0 bridgehead atoms. The lowest BCUT2D eigenvalue weighted by molar-refractivity contribution is -0.154. The molecule has 0 spiro atoms. The molecule has 2 aromatic carbocycles. The number of piperazine rings is 1. The van der Waals surface area contributed by atoms with Crippen molar-refractivity contribution in [2.24, 2.45) is 0 Å². The number of para-hydroxylation sites is 2. The maximum atomic E-state index is 13.0. The number of amides is 2. The lowest BCUT2D eigenvalue weighted by atomic mass is 9.76. The molecule has 1 unspecified atom stereocenters. The molecule has 1 aromatic heterocycles. The van der Waals surface area contributed by atoms with Gasteiger partial charge in [0.2, 0.25) is 5.91 Å². The minimum Gasteiger partial charge on any atom is -0.496 e. The number of aromatic nitrogens is 1. The number of hydrogen-bond acceptors (Lipinski definition) is 3. The molecule has 2 aliphatic heterocycles. The predicted octanol–water partition coefficient (Wildman–Crippen LogP) is 2.50. The molecule has 142 valence electrons. The molecular weight excluding hydrogens is 354 g/mol. The van der Waals surface area contributed by atoms with E-state index in [0.29, 0.717) is 6.54 Å². The normalized spacial score (nSPS) is 23.9. The van der Waals surface area contributed by atoms with E-state index in [9.17, 15) is 9.59 Å². The summed E-state index contributed by atoms with van der Waals surface area (Å²) in [7, 11) is 1.65. The van der Waals surface area contributed by atoms with Gasteiger partial charge in [-0.25, -0.2) is 0 Å². The zero-order chi connectivity index (χ0) is 19.5. The highest BCUT2D eigenvalue weighted by Crippen LogP contribution is 2.48. The van der Waals surface area contributed by atoms with Gasteiger partial charge < -0.3 is 19.9 Å². The lowest BCUT2D eigenvalue weighted by Gasteiger charge is -2.48. The second-order valence-corrected chi connectivity index (χ2v) is 7.51. The summed E-state index contributed by atoms with van der Waals surface area (Å²) in [6, 6.07) is 15.9. The molecule has 2 N–H and O–H groups in total. The van der Waals surface area contributed by atoms with Crippen molar-refractivity contribution >= 4 is 22.7 Å². The molecule has 6 nitrogen and oxygen atoms in total. The van der Waals surface area contributed by atoms with Crippen molar-refractivity contribution in [3.8, 4) is 5.75 Å². The molecule has 28 heavy (non-hydrogen) atoms. The standard InChI is InChI=1S/C22H21N3O3/c1-22-20-19(14-8-3-5-9-16(14)24-20)15(13-7-4-6-10-17(13)28-2)12-25(22)18(26)11-23-21(22)27/h3-10,15,24H,11-12H2,1-2H3,(H,23,27)/t15?,22-/m0/s1. The van der Waals surface area contributed by atoms with Gasteiger partial charge in [0.05, 0.1) is 19.3 Å². The Balaban J connectivity index is 1.83. The van der Waals surface area contributed by atoms with Crippen LogP contribution in [0.15, 0.2) is 48.5 Å². The average Bonchev–Trinajstić information content (AvgIpc) is 3.12. The predicted molar refractivity (Wildman–Crippen MR) is 105 cm³/mol. The molecule has 2 atom stereocenters. The zero-order valence-corrected chi connectivity index (χ0v) is 15.8. The van der Waals surface area contributed by atoms with Crippen LogP contribution in [-0.2, 0) is 15.1 Å². The van der Waals surface area contributed by atoms with Crippen LogP contribution in [0.5, 0.6) is 5.75 Å². The molecule has 2 amide bonds. The summed E-state index contributed by atoms with van der Waals surface area (Å²) in [5.74, 6) is 0.455. The van der Waals surface area contributed by atoms with Crippen molar-refractivity contribution in [3.05, 3.63) is 65.4 Å². The zero-order valence-electron chi connectivity index (χ0n) is 15.8. The van der Waals surface area contributed by atoms with Gasteiger partial charge in [-0.05, 0) is 24.6 Å². The Morgan fingerprint density at radius 3 is 2.68 bits per heavy atom. The van der Waals surface area contributed by atoms with Crippen molar-refractivity contribution in [1.82, 2.24) is 15.2 Å². The first-order valence-corrected chi connectivity index (χ1v) is 9.38. The van der Waals surface area contributed by atoms with Gasteiger partial charge in [-0.1, -0.05) is 36.4 Å². The number of fused-ring (bicyclic) bond motifs is 5. The third-order valence-electron chi connectivity index (χ3n) is 6.14. The fourth-order valence-electron chi connectivity index (χ4n) is 4.72. The number of nitrogens with one attached hydrogen (secondary N) is 2. The van der Waals surface area contributed by atoms with Gasteiger partial charge in [0, 0.05) is 28.9 Å². The van der Waals surface area contributed by atoms with Crippen molar-refractivity contribution < 1.29 is 14.3 Å². The Labute approximate surface area is 162 Å². The monoisotopic (exact) mass is 375 g/mol. The van der Waals surface area contributed by atoms with Gasteiger partial charge in [-0.2, -0.15) is 0 Å². The van der Waals surface area contributed by atoms with Gasteiger partial charge in [0.25, 0.3) is 5.91 Å². The fourth-order valence-corrected chi connectivity index (χ4v) is 4.72. The maximum absolute atomic E-state index is 13.0. The van der Waals surface area contributed by atoms with Gasteiger partial charge in [-0.3, -0.25) is 9.59 Å². The highest BCUT2D eigenvalue weighted by Gasteiger charge is 2.54. The molecular formula is C22H21N3O3. The molecule has 1 fully saturated rings. The van der Waals surface area contributed by atoms with E-state index in [-0.39, 0.29) is 24.3 Å². The van der Waals surface area contributed by atoms with Crippen LogP contribution < -0.4 is 10.1 Å². The highest BCUT2D eigenvalue weighted by molar-refractivity contribution is 6.01. The van der Waals surface area contributed by atoms with E-state index in [4.69, 9.17) is 4.74 Å². The van der Waals surface area contributed by atoms with Crippen LogP contribution in [0.1, 0.15) is 29.7 Å². The topological polar surface area (TPSA) is 74.4 Å². The van der Waals surface area contributed by atoms with Crippen LogP contribution >= 0.6 is 0 Å². The van der Waals surface area contributed by atoms with Crippen LogP contribution in [-0.4, -0.2) is 41.9 Å². The van der Waals surface area contributed by atoms with Crippen LogP contribution in [0, 0.1) is 0 Å². The smallest absolute Gasteiger partial charge is 0.252 e. The number of benzene rings is 2. The Morgan fingerprint density at radius 1 is 1.11 bits per heavy atom. The molecule has 3 aromatic rings. The number of rotatable bonds is 2.